The lowest BCUT2D eigenvalue weighted by Crippen LogP contribution is -2.52. The van der Waals surface area contributed by atoms with Gasteiger partial charge in [0.15, 0.2) is 0 Å². The zero-order chi connectivity index (χ0) is 19.3. The van der Waals surface area contributed by atoms with Gasteiger partial charge in [0.25, 0.3) is 5.91 Å². The lowest BCUT2D eigenvalue weighted by Gasteiger charge is -2.29. The van der Waals surface area contributed by atoms with Gasteiger partial charge >= 0.3 is 0 Å². The molecule has 138 valence electrons. The predicted molar refractivity (Wildman–Crippen MR) is 99.6 cm³/mol. The number of rotatable bonds is 2. The highest BCUT2D eigenvalue weighted by Crippen LogP contribution is 2.31. The second kappa shape index (κ2) is 6.19. The van der Waals surface area contributed by atoms with E-state index in [1.807, 2.05) is 32.0 Å². The first kappa shape index (κ1) is 17.2. The van der Waals surface area contributed by atoms with Gasteiger partial charge in [0.1, 0.15) is 6.04 Å². The monoisotopic (exact) mass is 364 g/mol. The highest BCUT2D eigenvalue weighted by Gasteiger charge is 2.39. The molecule has 0 saturated carbocycles. The van der Waals surface area contributed by atoms with E-state index in [-0.39, 0.29) is 18.2 Å². The molecule has 1 atom stereocenters. The number of carbonyl (C=O) groups is 3. The molecular weight excluding hydrogens is 344 g/mol. The summed E-state index contributed by atoms with van der Waals surface area (Å²) in [6, 6.07) is 6.91. The first-order chi connectivity index (χ1) is 12.8. The second-order valence-corrected chi connectivity index (χ2v) is 7.10. The number of pyridine rings is 1. The molecule has 4 rings (SSSR count). The maximum Gasteiger partial charge on any atom is 0.255 e. The molecule has 1 aromatic heterocycles. The van der Waals surface area contributed by atoms with Crippen LogP contribution in [0.1, 0.15) is 40.0 Å². The number of nitrogen functional groups attached to an aromatic ring is 1. The Morgan fingerprint density at radius 2 is 1.96 bits per heavy atom. The molecule has 7 heteroatoms. The van der Waals surface area contributed by atoms with E-state index in [4.69, 9.17) is 5.73 Å². The van der Waals surface area contributed by atoms with Crippen molar-refractivity contribution >= 4 is 23.4 Å². The highest BCUT2D eigenvalue weighted by molar-refractivity contribution is 6.05. The van der Waals surface area contributed by atoms with Crippen LogP contribution in [0.15, 0.2) is 24.3 Å². The highest BCUT2D eigenvalue weighted by atomic mass is 16.2. The third-order valence-electron chi connectivity index (χ3n) is 5.28. The van der Waals surface area contributed by atoms with E-state index in [9.17, 15) is 14.4 Å². The van der Waals surface area contributed by atoms with Crippen molar-refractivity contribution < 1.29 is 14.4 Å². The van der Waals surface area contributed by atoms with Crippen molar-refractivity contribution in [3.63, 3.8) is 0 Å². The summed E-state index contributed by atoms with van der Waals surface area (Å²) in [5, 5.41) is 2.31. The molecule has 1 aromatic carbocycles. The van der Waals surface area contributed by atoms with Gasteiger partial charge in [-0.3, -0.25) is 24.7 Å². The standard InChI is InChI=1S/C20H20N4O3/c1-10-7-15(22-11(2)18(10)21)12-3-4-14-13(8-12)9-24(20(14)27)16-5-6-17(25)23-19(16)26/h3-4,7-8,16H,5-6,9,21H2,1-2H3,(H,23,25,26). The Kier molecular flexibility index (Phi) is 3.95. The fourth-order valence-electron chi connectivity index (χ4n) is 3.72. The molecule has 3 heterocycles. The SMILES string of the molecule is Cc1cc(-c2ccc3c(c2)CN(C2CCC(=O)NC2=O)C3=O)nc(C)c1N. The predicted octanol–water partition coefficient (Wildman–Crippen LogP) is 1.71. The largest absolute Gasteiger partial charge is 0.397 e. The Morgan fingerprint density at radius 3 is 2.67 bits per heavy atom. The van der Waals surface area contributed by atoms with E-state index in [1.54, 1.807) is 11.0 Å². The minimum Gasteiger partial charge on any atom is -0.397 e. The number of benzene rings is 1. The number of aryl methyl sites for hydroxylation is 2. The number of aromatic nitrogens is 1. The smallest absolute Gasteiger partial charge is 0.255 e. The maximum atomic E-state index is 12.8. The average molecular weight is 364 g/mol. The molecule has 27 heavy (non-hydrogen) atoms. The molecule has 3 amide bonds. The zero-order valence-corrected chi connectivity index (χ0v) is 15.2. The summed E-state index contributed by atoms with van der Waals surface area (Å²) in [7, 11) is 0. The van der Waals surface area contributed by atoms with E-state index < -0.39 is 11.9 Å². The van der Waals surface area contributed by atoms with Crippen LogP contribution >= 0.6 is 0 Å². The van der Waals surface area contributed by atoms with E-state index in [1.165, 1.54) is 0 Å². The summed E-state index contributed by atoms with van der Waals surface area (Å²) < 4.78 is 0. The molecule has 0 radical (unpaired) electrons. The Labute approximate surface area is 156 Å². The number of hydrogen-bond donors (Lipinski definition) is 2. The topological polar surface area (TPSA) is 105 Å². The molecular formula is C20H20N4O3. The Morgan fingerprint density at radius 1 is 1.19 bits per heavy atom. The van der Waals surface area contributed by atoms with Crippen molar-refractivity contribution in [3.8, 4) is 11.3 Å². The van der Waals surface area contributed by atoms with Gasteiger partial charge in [-0.25, -0.2) is 0 Å². The summed E-state index contributed by atoms with van der Waals surface area (Å²) in [6.07, 6.45) is 0.602. The van der Waals surface area contributed by atoms with Crippen LogP contribution in [0.3, 0.4) is 0 Å². The molecule has 7 nitrogen and oxygen atoms in total. The fraction of sp³-hybridized carbons (Fsp3) is 0.300. The van der Waals surface area contributed by atoms with Crippen LogP contribution < -0.4 is 11.1 Å². The summed E-state index contributed by atoms with van der Waals surface area (Å²) >= 11 is 0. The normalized spacial score (nSPS) is 19.3. The van der Waals surface area contributed by atoms with E-state index in [0.29, 0.717) is 24.2 Å². The van der Waals surface area contributed by atoms with Crippen molar-refractivity contribution in [1.29, 1.82) is 0 Å². The van der Waals surface area contributed by atoms with E-state index in [0.717, 1.165) is 28.1 Å². The quantitative estimate of drug-likeness (QED) is 0.789. The van der Waals surface area contributed by atoms with Crippen LogP contribution in [0.4, 0.5) is 5.69 Å². The number of nitrogens with zero attached hydrogens (tertiary/aromatic N) is 2. The number of carbonyl (C=O) groups excluding carboxylic acids is 3. The number of amides is 3. The lowest BCUT2D eigenvalue weighted by molar-refractivity contribution is -0.136. The second-order valence-electron chi connectivity index (χ2n) is 7.10. The van der Waals surface area contributed by atoms with Gasteiger partial charge in [-0.05, 0) is 49.6 Å². The minimum atomic E-state index is -0.606. The summed E-state index contributed by atoms with van der Waals surface area (Å²) in [5.74, 6) is -0.870. The van der Waals surface area contributed by atoms with Gasteiger partial charge in [0.05, 0.1) is 17.1 Å². The van der Waals surface area contributed by atoms with E-state index in [2.05, 4.69) is 10.3 Å². The molecule has 2 aliphatic rings. The third kappa shape index (κ3) is 2.85. The van der Waals surface area contributed by atoms with Crippen LogP contribution in [-0.4, -0.2) is 33.6 Å². The van der Waals surface area contributed by atoms with Crippen LogP contribution in [-0.2, 0) is 16.1 Å². The number of anilines is 1. The Bertz CT molecular complexity index is 976. The lowest BCUT2D eigenvalue weighted by atomic mass is 10.0. The number of imide groups is 1. The first-order valence-corrected chi connectivity index (χ1v) is 8.87. The van der Waals surface area contributed by atoms with Crippen molar-refractivity contribution in [2.75, 3.05) is 5.73 Å². The number of hydrogen-bond acceptors (Lipinski definition) is 5. The molecule has 3 N–H and O–H groups in total. The Hall–Kier alpha value is -3.22. The summed E-state index contributed by atoms with van der Waals surface area (Å²) in [6.45, 7) is 4.16. The van der Waals surface area contributed by atoms with Crippen LogP contribution in [0.2, 0.25) is 0 Å². The van der Waals surface area contributed by atoms with Crippen LogP contribution in [0.25, 0.3) is 11.3 Å². The Balaban J connectivity index is 1.65. The van der Waals surface area contributed by atoms with Crippen molar-refractivity contribution in [2.45, 2.75) is 39.3 Å². The molecule has 2 aliphatic heterocycles. The molecule has 1 fully saturated rings. The third-order valence-corrected chi connectivity index (χ3v) is 5.28. The number of nitrogens with one attached hydrogen (secondary N) is 1. The molecule has 0 aliphatic carbocycles. The number of nitrogens with two attached hydrogens (primary N) is 1. The number of fused-ring (bicyclic) bond motifs is 1. The van der Waals surface area contributed by atoms with Gasteiger partial charge in [-0.1, -0.05) is 6.07 Å². The van der Waals surface area contributed by atoms with Crippen molar-refractivity contribution in [1.82, 2.24) is 15.2 Å². The molecule has 1 saturated heterocycles. The molecule has 1 unspecified atom stereocenters. The maximum absolute atomic E-state index is 12.8. The van der Waals surface area contributed by atoms with Gasteiger partial charge in [-0.15, -0.1) is 0 Å². The fourth-order valence-corrected chi connectivity index (χ4v) is 3.72. The van der Waals surface area contributed by atoms with Gasteiger partial charge in [0, 0.05) is 24.1 Å². The van der Waals surface area contributed by atoms with Crippen molar-refractivity contribution in [3.05, 3.63) is 46.6 Å². The van der Waals surface area contributed by atoms with Gasteiger partial charge in [-0.2, -0.15) is 0 Å². The number of piperidine rings is 1. The zero-order valence-electron chi connectivity index (χ0n) is 15.2. The summed E-state index contributed by atoms with van der Waals surface area (Å²) in [5.41, 5.74) is 11.5. The van der Waals surface area contributed by atoms with E-state index >= 15 is 0 Å². The van der Waals surface area contributed by atoms with Crippen LogP contribution in [0, 0.1) is 13.8 Å². The average Bonchev–Trinajstić information content (AvgIpc) is 2.95. The minimum absolute atomic E-state index is 0.177. The molecule has 2 aromatic rings. The summed E-state index contributed by atoms with van der Waals surface area (Å²) in [4.78, 5) is 42.3. The molecule has 0 bridgehead atoms. The van der Waals surface area contributed by atoms with Gasteiger partial charge < -0.3 is 10.6 Å². The first-order valence-electron chi connectivity index (χ1n) is 8.87. The van der Waals surface area contributed by atoms with Crippen LogP contribution in [0.5, 0.6) is 0 Å². The molecule has 0 spiro atoms. The van der Waals surface area contributed by atoms with Crippen molar-refractivity contribution in [2.24, 2.45) is 0 Å². The van der Waals surface area contributed by atoms with Gasteiger partial charge in [0.2, 0.25) is 11.8 Å².